The molecule has 3 N–H and O–H groups in total. The van der Waals surface area contributed by atoms with Crippen molar-refractivity contribution in [2.45, 2.75) is 24.6 Å². The molecule has 0 aromatic rings. The minimum absolute atomic E-state index is 1.50. The Morgan fingerprint density at radius 3 is 1.79 bits per heavy atom. The fourth-order valence-electron chi connectivity index (χ4n) is 0.796. The van der Waals surface area contributed by atoms with Crippen molar-refractivity contribution in [1.29, 1.82) is 0 Å². The van der Waals surface area contributed by atoms with E-state index in [0.717, 1.165) is 0 Å². The van der Waals surface area contributed by atoms with Gasteiger partial charge in [-0.2, -0.15) is 13.2 Å². The molecule has 0 aliphatic rings. The molecule has 0 aromatic heterocycles. The van der Waals surface area contributed by atoms with Gasteiger partial charge in [0.05, 0.1) is 12.8 Å². The second-order valence-electron chi connectivity index (χ2n) is 2.70. The van der Waals surface area contributed by atoms with Crippen molar-refractivity contribution < 1.29 is 38.1 Å². The van der Waals surface area contributed by atoms with E-state index in [2.05, 4.69) is 0 Å². The molecule has 0 amide bonds. The minimum Gasteiger partial charge on any atom is -0.481 e. The van der Waals surface area contributed by atoms with Crippen LogP contribution in [0.5, 0.6) is 0 Å². The Labute approximate surface area is 75.8 Å². The highest BCUT2D eigenvalue weighted by Crippen LogP contribution is 2.29. The zero-order valence-corrected chi connectivity index (χ0v) is 6.71. The number of carboxylic acid groups (broad SMARTS) is 2. The SMILES string of the molecule is O=C(O)CC(O)(CC(F)(F)F)C(=O)O. The molecule has 1 unspecified atom stereocenters. The van der Waals surface area contributed by atoms with Gasteiger partial charge in [-0.3, -0.25) is 4.79 Å². The summed E-state index contributed by atoms with van der Waals surface area (Å²) < 4.78 is 35.2. The van der Waals surface area contributed by atoms with Gasteiger partial charge in [-0.25, -0.2) is 4.79 Å². The number of hydrogen-bond donors (Lipinski definition) is 3. The van der Waals surface area contributed by atoms with Gasteiger partial charge in [-0.15, -0.1) is 0 Å². The van der Waals surface area contributed by atoms with Crippen LogP contribution in [0.15, 0.2) is 0 Å². The van der Waals surface area contributed by atoms with Crippen LogP contribution in [0.3, 0.4) is 0 Å². The lowest BCUT2D eigenvalue weighted by molar-refractivity contribution is -0.198. The predicted octanol–water partition coefficient (Wildman–Crippen LogP) is 0.229. The van der Waals surface area contributed by atoms with Crippen molar-refractivity contribution in [1.82, 2.24) is 0 Å². The summed E-state index contributed by atoms with van der Waals surface area (Å²) in [6.45, 7) is 0. The maximum Gasteiger partial charge on any atom is 0.392 e. The quantitative estimate of drug-likeness (QED) is 0.625. The van der Waals surface area contributed by atoms with Crippen molar-refractivity contribution >= 4 is 11.9 Å². The number of hydrogen-bond acceptors (Lipinski definition) is 3. The maximum atomic E-state index is 11.7. The van der Waals surface area contributed by atoms with Crippen LogP contribution in [-0.4, -0.2) is 39.0 Å². The number of alkyl halides is 3. The zero-order chi connectivity index (χ0) is 11.6. The molecule has 0 bridgehead atoms. The summed E-state index contributed by atoms with van der Waals surface area (Å²) in [6.07, 6.45) is -8.54. The van der Waals surface area contributed by atoms with E-state index in [9.17, 15) is 22.8 Å². The van der Waals surface area contributed by atoms with E-state index in [0.29, 0.717) is 0 Å². The summed E-state index contributed by atoms with van der Waals surface area (Å²) in [6, 6.07) is 0. The summed E-state index contributed by atoms with van der Waals surface area (Å²) in [5.41, 5.74) is -3.30. The van der Waals surface area contributed by atoms with Crippen LogP contribution >= 0.6 is 0 Å². The van der Waals surface area contributed by atoms with Crippen molar-refractivity contribution in [3.8, 4) is 0 Å². The van der Waals surface area contributed by atoms with Gasteiger partial charge in [0.15, 0.2) is 5.60 Å². The molecular weight excluding hydrogens is 209 g/mol. The highest BCUT2D eigenvalue weighted by Gasteiger charge is 2.48. The van der Waals surface area contributed by atoms with Gasteiger partial charge in [-0.05, 0) is 0 Å². The standard InChI is InChI=1S/C6H7F3O5/c7-6(8,9)2-5(14,4(12)13)1-3(10)11/h14H,1-2H2,(H,10,11)(H,12,13). The molecule has 14 heavy (non-hydrogen) atoms. The molecule has 8 heteroatoms. The normalized spacial score (nSPS) is 16.0. The second-order valence-corrected chi connectivity index (χ2v) is 2.70. The average molecular weight is 216 g/mol. The first-order valence-corrected chi connectivity index (χ1v) is 3.31. The largest absolute Gasteiger partial charge is 0.481 e. The number of aliphatic hydroxyl groups is 1. The smallest absolute Gasteiger partial charge is 0.392 e. The molecule has 0 aliphatic heterocycles. The summed E-state index contributed by atoms with van der Waals surface area (Å²) in [4.78, 5) is 20.2. The van der Waals surface area contributed by atoms with Crippen molar-refractivity contribution in [2.75, 3.05) is 0 Å². The van der Waals surface area contributed by atoms with Crippen molar-refractivity contribution in [3.05, 3.63) is 0 Å². The fraction of sp³-hybridized carbons (Fsp3) is 0.667. The molecule has 82 valence electrons. The molecule has 0 heterocycles. The first-order valence-electron chi connectivity index (χ1n) is 3.31. The Morgan fingerprint density at radius 2 is 1.57 bits per heavy atom. The third-order valence-electron chi connectivity index (χ3n) is 1.33. The van der Waals surface area contributed by atoms with Crippen LogP contribution < -0.4 is 0 Å². The molecule has 0 saturated carbocycles. The molecule has 0 saturated heterocycles. The highest BCUT2D eigenvalue weighted by molar-refractivity contribution is 5.83. The van der Waals surface area contributed by atoms with Gasteiger partial charge < -0.3 is 15.3 Å². The fourth-order valence-corrected chi connectivity index (χ4v) is 0.796. The minimum atomic E-state index is -4.94. The van der Waals surface area contributed by atoms with E-state index in [1.807, 2.05) is 0 Å². The van der Waals surface area contributed by atoms with E-state index in [4.69, 9.17) is 15.3 Å². The monoisotopic (exact) mass is 216 g/mol. The Hall–Kier alpha value is -1.31. The third-order valence-corrected chi connectivity index (χ3v) is 1.33. The Balaban J connectivity index is 4.73. The molecule has 0 aliphatic carbocycles. The van der Waals surface area contributed by atoms with Crippen LogP contribution in [0.4, 0.5) is 13.2 Å². The van der Waals surface area contributed by atoms with Crippen molar-refractivity contribution in [2.24, 2.45) is 0 Å². The molecule has 5 nitrogen and oxygen atoms in total. The van der Waals surface area contributed by atoms with Crippen LogP contribution in [0.1, 0.15) is 12.8 Å². The topological polar surface area (TPSA) is 94.8 Å². The van der Waals surface area contributed by atoms with Crippen molar-refractivity contribution in [3.63, 3.8) is 0 Å². The van der Waals surface area contributed by atoms with E-state index in [1.54, 1.807) is 0 Å². The Kier molecular flexibility index (Phi) is 3.47. The third kappa shape index (κ3) is 4.08. The predicted molar refractivity (Wildman–Crippen MR) is 35.5 cm³/mol. The lowest BCUT2D eigenvalue weighted by atomic mass is 9.95. The highest BCUT2D eigenvalue weighted by atomic mass is 19.4. The Bertz CT molecular complexity index is 248. The maximum absolute atomic E-state index is 11.7. The van der Waals surface area contributed by atoms with Crippen LogP contribution in [0.25, 0.3) is 0 Å². The lowest BCUT2D eigenvalue weighted by Crippen LogP contribution is -2.44. The summed E-state index contributed by atoms with van der Waals surface area (Å²) in [5.74, 6) is -4.03. The molecule has 0 radical (unpaired) electrons. The first kappa shape index (κ1) is 12.7. The lowest BCUT2D eigenvalue weighted by Gasteiger charge is -2.22. The number of halogens is 3. The van der Waals surface area contributed by atoms with Gasteiger partial charge in [0.1, 0.15) is 0 Å². The number of rotatable bonds is 4. The van der Waals surface area contributed by atoms with Gasteiger partial charge in [0, 0.05) is 0 Å². The van der Waals surface area contributed by atoms with Crippen LogP contribution in [-0.2, 0) is 9.59 Å². The van der Waals surface area contributed by atoms with Gasteiger partial charge in [0.25, 0.3) is 0 Å². The van der Waals surface area contributed by atoms with Crippen LogP contribution in [0, 0.1) is 0 Å². The summed E-state index contributed by atoms with van der Waals surface area (Å²) in [7, 11) is 0. The number of carbonyl (C=O) groups is 2. The summed E-state index contributed by atoms with van der Waals surface area (Å²) >= 11 is 0. The number of carboxylic acids is 2. The van der Waals surface area contributed by atoms with Crippen LogP contribution in [0.2, 0.25) is 0 Å². The summed E-state index contributed by atoms with van der Waals surface area (Å²) in [5, 5.41) is 25.2. The molecular formula is C6H7F3O5. The second kappa shape index (κ2) is 3.82. The van der Waals surface area contributed by atoms with E-state index >= 15 is 0 Å². The molecule has 0 aromatic carbocycles. The van der Waals surface area contributed by atoms with Gasteiger partial charge in [0.2, 0.25) is 0 Å². The Morgan fingerprint density at radius 1 is 1.14 bits per heavy atom. The molecule has 1 atom stereocenters. The van der Waals surface area contributed by atoms with E-state index in [1.165, 1.54) is 0 Å². The van der Waals surface area contributed by atoms with E-state index < -0.39 is 36.6 Å². The number of aliphatic carboxylic acids is 2. The van der Waals surface area contributed by atoms with Gasteiger partial charge >= 0.3 is 18.1 Å². The molecule has 0 fully saturated rings. The van der Waals surface area contributed by atoms with E-state index in [-0.39, 0.29) is 0 Å². The molecule has 0 rings (SSSR count). The zero-order valence-electron chi connectivity index (χ0n) is 6.71. The average Bonchev–Trinajstić information content (AvgIpc) is 1.79. The van der Waals surface area contributed by atoms with Gasteiger partial charge in [-0.1, -0.05) is 0 Å². The first-order chi connectivity index (χ1) is 6.07. The molecule has 0 spiro atoms.